The van der Waals surface area contributed by atoms with Crippen molar-refractivity contribution in [2.45, 2.75) is 18.9 Å². The number of likely N-dealkylation sites (tertiary alicyclic amines) is 1. The minimum absolute atomic E-state index is 0. The van der Waals surface area contributed by atoms with Crippen molar-refractivity contribution < 1.29 is 9.47 Å². The molecular formula is C14H23ClN2O2. The number of benzene rings is 1. The Morgan fingerprint density at radius 1 is 1.32 bits per heavy atom. The molecule has 1 atom stereocenters. The average Bonchev–Trinajstić information content (AvgIpc) is 2.39. The highest BCUT2D eigenvalue weighted by Crippen LogP contribution is 2.25. The van der Waals surface area contributed by atoms with Gasteiger partial charge in [0.15, 0.2) is 11.5 Å². The second kappa shape index (κ2) is 8.25. The molecule has 0 radical (unpaired) electrons. The van der Waals surface area contributed by atoms with E-state index >= 15 is 0 Å². The number of hydrogen-bond acceptors (Lipinski definition) is 4. The van der Waals surface area contributed by atoms with Gasteiger partial charge in [-0.15, -0.1) is 12.4 Å². The highest BCUT2D eigenvalue weighted by atomic mass is 35.5. The van der Waals surface area contributed by atoms with Gasteiger partial charge in [-0.2, -0.15) is 0 Å². The Morgan fingerprint density at radius 3 is 2.74 bits per heavy atom. The summed E-state index contributed by atoms with van der Waals surface area (Å²) in [6, 6.07) is 8.06. The third-order valence-corrected chi connectivity index (χ3v) is 3.28. The molecule has 0 aromatic heterocycles. The first kappa shape index (κ1) is 16.1. The molecule has 1 aromatic rings. The van der Waals surface area contributed by atoms with Gasteiger partial charge in [0.05, 0.1) is 7.11 Å². The summed E-state index contributed by atoms with van der Waals surface area (Å²) in [7, 11) is 1.66. The molecular weight excluding hydrogens is 264 g/mol. The van der Waals surface area contributed by atoms with E-state index in [1.807, 2.05) is 24.3 Å². The third kappa shape index (κ3) is 4.90. The molecule has 0 aliphatic carbocycles. The molecule has 5 heteroatoms. The van der Waals surface area contributed by atoms with Crippen LogP contribution in [-0.4, -0.2) is 44.3 Å². The van der Waals surface area contributed by atoms with Gasteiger partial charge in [-0.25, -0.2) is 0 Å². The number of para-hydroxylation sites is 2. The van der Waals surface area contributed by atoms with Crippen LogP contribution in [0.2, 0.25) is 0 Å². The maximum Gasteiger partial charge on any atom is 0.161 e. The first-order valence-corrected chi connectivity index (χ1v) is 6.53. The Labute approximate surface area is 121 Å². The van der Waals surface area contributed by atoms with E-state index in [4.69, 9.17) is 15.2 Å². The number of methoxy groups -OCH3 is 1. The minimum atomic E-state index is 0. The Morgan fingerprint density at radius 2 is 2.05 bits per heavy atom. The highest BCUT2D eigenvalue weighted by Gasteiger charge is 2.16. The molecule has 0 saturated carbocycles. The van der Waals surface area contributed by atoms with Gasteiger partial charge >= 0.3 is 0 Å². The zero-order valence-electron chi connectivity index (χ0n) is 11.4. The second-order valence-corrected chi connectivity index (χ2v) is 4.70. The number of ether oxygens (including phenoxy) is 2. The molecule has 108 valence electrons. The Hall–Kier alpha value is -0.970. The van der Waals surface area contributed by atoms with E-state index in [2.05, 4.69) is 4.90 Å². The number of nitrogens with zero attached hydrogens (tertiary/aromatic N) is 1. The van der Waals surface area contributed by atoms with Crippen molar-refractivity contribution in [3.05, 3.63) is 24.3 Å². The van der Waals surface area contributed by atoms with Crippen molar-refractivity contribution in [1.29, 1.82) is 0 Å². The van der Waals surface area contributed by atoms with E-state index in [1.165, 1.54) is 6.42 Å². The lowest BCUT2D eigenvalue weighted by atomic mass is 10.1. The molecule has 0 bridgehead atoms. The van der Waals surface area contributed by atoms with Crippen molar-refractivity contribution in [2.75, 3.05) is 33.4 Å². The molecule has 0 unspecified atom stereocenters. The summed E-state index contributed by atoms with van der Waals surface area (Å²) in [5, 5.41) is 0. The first-order valence-electron chi connectivity index (χ1n) is 6.53. The number of halogens is 1. The van der Waals surface area contributed by atoms with Crippen LogP contribution >= 0.6 is 12.4 Å². The molecule has 1 aliphatic heterocycles. The molecule has 2 N–H and O–H groups in total. The summed E-state index contributed by atoms with van der Waals surface area (Å²) >= 11 is 0. The lowest BCUT2D eigenvalue weighted by Gasteiger charge is -2.30. The predicted molar refractivity (Wildman–Crippen MR) is 79.4 cm³/mol. The molecule has 1 fully saturated rings. The van der Waals surface area contributed by atoms with Crippen LogP contribution in [0, 0.1) is 0 Å². The number of nitrogens with two attached hydrogens (primary N) is 1. The molecule has 1 aliphatic rings. The van der Waals surface area contributed by atoms with Crippen LogP contribution in [0.1, 0.15) is 12.8 Å². The molecule has 0 spiro atoms. The molecule has 1 heterocycles. The zero-order chi connectivity index (χ0) is 12.8. The third-order valence-electron chi connectivity index (χ3n) is 3.28. The second-order valence-electron chi connectivity index (χ2n) is 4.70. The highest BCUT2D eigenvalue weighted by molar-refractivity contribution is 5.85. The van der Waals surface area contributed by atoms with Crippen molar-refractivity contribution in [3.63, 3.8) is 0 Å². The smallest absolute Gasteiger partial charge is 0.161 e. The van der Waals surface area contributed by atoms with E-state index in [0.717, 1.165) is 37.6 Å². The van der Waals surface area contributed by atoms with Crippen molar-refractivity contribution in [1.82, 2.24) is 4.90 Å². The van der Waals surface area contributed by atoms with Crippen molar-refractivity contribution in [2.24, 2.45) is 5.73 Å². The number of rotatable bonds is 5. The monoisotopic (exact) mass is 286 g/mol. The fourth-order valence-electron chi connectivity index (χ4n) is 2.32. The number of piperidine rings is 1. The van der Waals surface area contributed by atoms with Gasteiger partial charge < -0.3 is 15.2 Å². The van der Waals surface area contributed by atoms with Crippen LogP contribution in [0.3, 0.4) is 0 Å². The maximum atomic E-state index is 5.95. The largest absolute Gasteiger partial charge is 0.493 e. The van der Waals surface area contributed by atoms with E-state index < -0.39 is 0 Å². The van der Waals surface area contributed by atoms with E-state index in [1.54, 1.807) is 7.11 Å². The predicted octanol–water partition coefficient (Wildman–Crippen LogP) is 1.92. The first-order chi connectivity index (χ1) is 8.79. The van der Waals surface area contributed by atoms with Crippen LogP contribution in [0.5, 0.6) is 11.5 Å². The van der Waals surface area contributed by atoms with Crippen LogP contribution in [0.15, 0.2) is 24.3 Å². The minimum Gasteiger partial charge on any atom is -0.493 e. The standard InChI is InChI=1S/C14H22N2O2.ClH/c1-17-13-6-2-3-7-14(13)18-10-9-16-8-4-5-12(15)11-16;/h2-3,6-7,12H,4-5,8-11,15H2,1H3;1H/t12-;/m1./s1. The van der Waals surface area contributed by atoms with Gasteiger partial charge in [-0.05, 0) is 31.5 Å². The molecule has 2 rings (SSSR count). The van der Waals surface area contributed by atoms with Gasteiger partial charge in [-0.1, -0.05) is 12.1 Å². The van der Waals surface area contributed by atoms with Crippen LogP contribution in [0.25, 0.3) is 0 Å². The van der Waals surface area contributed by atoms with Gasteiger partial charge in [0.25, 0.3) is 0 Å². The quantitative estimate of drug-likeness (QED) is 0.898. The van der Waals surface area contributed by atoms with Crippen LogP contribution in [0.4, 0.5) is 0 Å². The average molecular weight is 287 g/mol. The fourth-order valence-corrected chi connectivity index (χ4v) is 2.32. The van der Waals surface area contributed by atoms with Crippen LogP contribution < -0.4 is 15.2 Å². The summed E-state index contributed by atoms with van der Waals surface area (Å²) in [4.78, 5) is 2.36. The van der Waals surface area contributed by atoms with Crippen LogP contribution in [-0.2, 0) is 0 Å². The summed E-state index contributed by atoms with van der Waals surface area (Å²) < 4.78 is 11.0. The SMILES string of the molecule is COc1ccccc1OCCN1CCC[C@@H](N)C1.Cl. The lowest BCUT2D eigenvalue weighted by Crippen LogP contribution is -2.44. The van der Waals surface area contributed by atoms with E-state index in [9.17, 15) is 0 Å². The summed E-state index contributed by atoms with van der Waals surface area (Å²) in [5.74, 6) is 1.59. The normalized spacial score (nSPS) is 19.6. The molecule has 19 heavy (non-hydrogen) atoms. The Bertz CT molecular complexity index is 376. The van der Waals surface area contributed by atoms with E-state index in [0.29, 0.717) is 12.6 Å². The van der Waals surface area contributed by atoms with Gasteiger partial charge in [-0.3, -0.25) is 4.90 Å². The lowest BCUT2D eigenvalue weighted by molar-refractivity contribution is 0.169. The van der Waals surface area contributed by atoms with Crippen molar-refractivity contribution >= 4 is 12.4 Å². The zero-order valence-corrected chi connectivity index (χ0v) is 12.2. The molecule has 0 amide bonds. The fraction of sp³-hybridized carbons (Fsp3) is 0.571. The van der Waals surface area contributed by atoms with Crippen molar-refractivity contribution in [3.8, 4) is 11.5 Å². The maximum absolute atomic E-state index is 5.95. The number of hydrogen-bond donors (Lipinski definition) is 1. The Balaban J connectivity index is 0.00000180. The summed E-state index contributed by atoms with van der Waals surface area (Å²) in [6.45, 7) is 3.71. The Kier molecular flexibility index (Phi) is 6.99. The van der Waals surface area contributed by atoms with Gasteiger partial charge in [0.2, 0.25) is 0 Å². The summed E-state index contributed by atoms with van der Waals surface area (Å²) in [6.07, 6.45) is 2.33. The molecule has 1 saturated heterocycles. The molecule has 4 nitrogen and oxygen atoms in total. The topological polar surface area (TPSA) is 47.7 Å². The molecule has 1 aromatic carbocycles. The van der Waals surface area contributed by atoms with Gasteiger partial charge in [0, 0.05) is 19.1 Å². The van der Waals surface area contributed by atoms with E-state index in [-0.39, 0.29) is 12.4 Å². The van der Waals surface area contributed by atoms with Gasteiger partial charge in [0.1, 0.15) is 6.61 Å². The summed E-state index contributed by atoms with van der Waals surface area (Å²) in [5.41, 5.74) is 5.95.